The second-order valence-electron chi connectivity index (χ2n) is 6.50. The van der Waals surface area contributed by atoms with Crippen molar-refractivity contribution in [1.29, 1.82) is 0 Å². The molecule has 3 aromatic carbocycles. The third-order valence-corrected chi connectivity index (χ3v) is 6.99. The fourth-order valence-corrected chi connectivity index (χ4v) is 4.83. The van der Waals surface area contributed by atoms with Crippen molar-refractivity contribution in [2.24, 2.45) is 0 Å². The molecule has 14 heteroatoms. The summed E-state index contributed by atoms with van der Waals surface area (Å²) in [5.41, 5.74) is 0.240. The van der Waals surface area contributed by atoms with Gasteiger partial charge in [-0.1, -0.05) is 24.3 Å². The Labute approximate surface area is 189 Å². The SMILES string of the molecule is COc1ccc(-c2ccc(Oc3ccccc3S(=O)(=O)O)c(S(=O)(=O)O)c2)cc1S(=O)(=O)O. The fraction of sp³-hybridized carbons (Fsp3) is 0.0526. The predicted molar refractivity (Wildman–Crippen MR) is 114 cm³/mol. The first-order valence-electron chi connectivity index (χ1n) is 8.73. The fourth-order valence-electron chi connectivity index (χ4n) is 2.90. The molecule has 3 rings (SSSR count). The number of benzene rings is 3. The van der Waals surface area contributed by atoms with Crippen molar-refractivity contribution in [3.63, 3.8) is 0 Å². The Hall–Kier alpha value is -3.01. The minimum absolute atomic E-state index is 0.102. The van der Waals surface area contributed by atoms with Gasteiger partial charge in [0.05, 0.1) is 7.11 Å². The van der Waals surface area contributed by atoms with Gasteiger partial charge in [-0.05, 0) is 47.5 Å². The summed E-state index contributed by atoms with van der Waals surface area (Å²) >= 11 is 0. The Morgan fingerprint density at radius 3 is 1.48 bits per heavy atom. The lowest BCUT2D eigenvalue weighted by Gasteiger charge is -2.14. The van der Waals surface area contributed by atoms with Crippen LogP contribution in [0.3, 0.4) is 0 Å². The van der Waals surface area contributed by atoms with Gasteiger partial charge in [0.15, 0.2) is 0 Å². The molecule has 0 aliphatic carbocycles. The molecule has 0 aliphatic rings. The van der Waals surface area contributed by atoms with Crippen molar-refractivity contribution in [2.75, 3.05) is 7.11 Å². The van der Waals surface area contributed by atoms with Crippen molar-refractivity contribution in [2.45, 2.75) is 14.7 Å². The number of para-hydroxylation sites is 1. The van der Waals surface area contributed by atoms with Gasteiger partial charge in [0.2, 0.25) is 0 Å². The third kappa shape index (κ3) is 5.50. The molecule has 0 amide bonds. The van der Waals surface area contributed by atoms with E-state index in [1.165, 1.54) is 37.4 Å². The Balaban J connectivity index is 2.17. The molecule has 0 radical (unpaired) electrons. The Bertz CT molecular complexity index is 1540. The summed E-state index contributed by atoms with van der Waals surface area (Å²) < 4.78 is 109. The van der Waals surface area contributed by atoms with E-state index in [2.05, 4.69) is 0 Å². The minimum Gasteiger partial charge on any atom is -0.495 e. The van der Waals surface area contributed by atoms with Crippen LogP contribution in [0.15, 0.2) is 75.4 Å². The average molecular weight is 517 g/mol. The molecule has 0 atom stereocenters. The lowest BCUT2D eigenvalue weighted by atomic mass is 10.1. The molecule has 3 aromatic rings. The van der Waals surface area contributed by atoms with Gasteiger partial charge in [-0.3, -0.25) is 13.7 Å². The molecule has 0 spiro atoms. The first-order valence-corrected chi connectivity index (χ1v) is 13.1. The molecule has 0 aromatic heterocycles. The highest BCUT2D eigenvalue weighted by Gasteiger charge is 2.23. The molecule has 0 aliphatic heterocycles. The second-order valence-corrected chi connectivity index (χ2v) is 10.7. The van der Waals surface area contributed by atoms with Gasteiger partial charge < -0.3 is 9.47 Å². The van der Waals surface area contributed by atoms with E-state index in [1.807, 2.05) is 0 Å². The number of rotatable bonds is 7. The van der Waals surface area contributed by atoms with Crippen molar-refractivity contribution < 1.29 is 48.4 Å². The van der Waals surface area contributed by atoms with Gasteiger partial charge in [-0.2, -0.15) is 25.3 Å². The van der Waals surface area contributed by atoms with Gasteiger partial charge in [-0.25, -0.2) is 0 Å². The summed E-state index contributed by atoms with van der Waals surface area (Å²) in [6.45, 7) is 0. The van der Waals surface area contributed by atoms with E-state index in [-0.39, 0.29) is 16.9 Å². The number of ether oxygens (including phenoxy) is 2. The molecule has 0 bridgehead atoms. The van der Waals surface area contributed by atoms with Crippen LogP contribution in [0.5, 0.6) is 17.2 Å². The average Bonchev–Trinajstić information content (AvgIpc) is 2.72. The molecule has 176 valence electrons. The Morgan fingerprint density at radius 1 is 0.576 bits per heavy atom. The van der Waals surface area contributed by atoms with Crippen LogP contribution >= 0.6 is 0 Å². The molecular formula is C19H16O11S3. The highest BCUT2D eigenvalue weighted by Crippen LogP contribution is 2.37. The topological polar surface area (TPSA) is 182 Å². The van der Waals surface area contributed by atoms with Crippen LogP contribution in [0, 0.1) is 0 Å². The van der Waals surface area contributed by atoms with Gasteiger partial charge in [0, 0.05) is 0 Å². The monoisotopic (exact) mass is 516 g/mol. The smallest absolute Gasteiger partial charge is 0.298 e. The zero-order valence-corrected chi connectivity index (χ0v) is 19.1. The van der Waals surface area contributed by atoms with Crippen LogP contribution in [-0.4, -0.2) is 46.0 Å². The Kier molecular flexibility index (Phi) is 6.52. The van der Waals surface area contributed by atoms with Crippen molar-refractivity contribution in [3.8, 4) is 28.4 Å². The highest BCUT2D eigenvalue weighted by atomic mass is 32.2. The van der Waals surface area contributed by atoms with Crippen molar-refractivity contribution in [3.05, 3.63) is 60.7 Å². The molecule has 0 unspecified atom stereocenters. The molecule has 0 saturated carbocycles. The maximum Gasteiger partial charge on any atom is 0.298 e. The van der Waals surface area contributed by atoms with Crippen LogP contribution in [0.4, 0.5) is 0 Å². The van der Waals surface area contributed by atoms with Crippen molar-refractivity contribution in [1.82, 2.24) is 0 Å². The number of hydrogen-bond acceptors (Lipinski definition) is 8. The highest BCUT2D eigenvalue weighted by molar-refractivity contribution is 7.86. The number of hydrogen-bond donors (Lipinski definition) is 3. The van der Waals surface area contributed by atoms with Crippen molar-refractivity contribution >= 4 is 30.4 Å². The van der Waals surface area contributed by atoms with Gasteiger partial charge in [0.1, 0.15) is 31.9 Å². The summed E-state index contributed by atoms with van der Waals surface area (Å²) in [7, 11) is -13.1. The van der Waals surface area contributed by atoms with E-state index in [9.17, 15) is 38.9 Å². The maximum atomic E-state index is 12.0. The van der Waals surface area contributed by atoms with E-state index >= 15 is 0 Å². The molecule has 0 fully saturated rings. The normalized spacial score (nSPS) is 12.4. The molecule has 0 saturated heterocycles. The summed E-state index contributed by atoms with van der Waals surface area (Å²) in [6, 6.07) is 11.9. The Morgan fingerprint density at radius 2 is 1.00 bits per heavy atom. The summed E-state index contributed by atoms with van der Waals surface area (Å²) in [4.78, 5) is -1.98. The summed E-state index contributed by atoms with van der Waals surface area (Å²) in [5.74, 6) is -1.03. The van der Waals surface area contributed by atoms with E-state index in [1.54, 1.807) is 0 Å². The maximum absolute atomic E-state index is 12.0. The zero-order chi connectivity index (χ0) is 24.6. The first kappa shape index (κ1) is 24.6. The molecule has 0 heterocycles. The molecule has 33 heavy (non-hydrogen) atoms. The largest absolute Gasteiger partial charge is 0.495 e. The van der Waals surface area contributed by atoms with E-state index in [4.69, 9.17) is 9.47 Å². The zero-order valence-electron chi connectivity index (χ0n) is 16.6. The van der Waals surface area contributed by atoms with Crippen LogP contribution in [0.2, 0.25) is 0 Å². The summed E-state index contributed by atoms with van der Waals surface area (Å²) in [6.07, 6.45) is 0. The van der Waals surface area contributed by atoms with Gasteiger partial charge in [-0.15, -0.1) is 0 Å². The van der Waals surface area contributed by atoms with E-state index in [0.717, 1.165) is 30.3 Å². The summed E-state index contributed by atoms with van der Waals surface area (Å²) in [5, 5.41) is 0. The number of methoxy groups -OCH3 is 1. The molecule has 11 nitrogen and oxygen atoms in total. The molecular weight excluding hydrogens is 500 g/mol. The lowest BCUT2D eigenvalue weighted by molar-refractivity contribution is 0.397. The predicted octanol–water partition coefficient (Wildman–Crippen LogP) is 2.89. The second kappa shape index (κ2) is 8.74. The third-order valence-electron chi connectivity index (χ3n) is 4.34. The van der Waals surface area contributed by atoms with Crippen LogP contribution in [0.25, 0.3) is 11.1 Å². The van der Waals surface area contributed by atoms with Crippen LogP contribution in [0.1, 0.15) is 0 Å². The van der Waals surface area contributed by atoms with E-state index in [0.29, 0.717) is 0 Å². The van der Waals surface area contributed by atoms with Gasteiger partial charge in [0.25, 0.3) is 30.4 Å². The lowest BCUT2D eigenvalue weighted by Crippen LogP contribution is -2.05. The minimum atomic E-state index is -4.91. The first-order chi connectivity index (χ1) is 15.2. The van der Waals surface area contributed by atoms with Crippen LogP contribution < -0.4 is 9.47 Å². The van der Waals surface area contributed by atoms with E-state index < -0.39 is 56.5 Å². The van der Waals surface area contributed by atoms with Gasteiger partial charge >= 0.3 is 0 Å². The quantitative estimate of drug-likeness (QED) is 0.393. The molecule has 3 N–H and O–H groups in total. The standard InChI is InChI=1S/C19H16O11S3/c1-29-14-8-6-12(10-18(14)32(23,24)25)13-7-9-16(19(11-13)33(26,27)28)30-15-4-2-3-5-17(15)31(20,21)22/h2-11H,1H3,(H,20,21,22)(H,23,24,25)(H,26,27,28). The van der Waals surface area contributed by atoms with Crippen LogP contribution in [-0.2, 0) is 30.4 Å².